The molecule has 0 bridgehead atoms. The molecule has 1 aromatic heterocycles. The molecular formula is C15H18ClN3. The van der Waals surface area contributed by atoms with Crippen LogP contribution in [0, 0.1) is 6.92 Å². The van der Waals surface area contributed by atoms with Crippen LogP contribution in [0.25, 0.3) is 5.69 Å². The number of benzene rings is 1. The van der Waals surface area contributed by atoms with Crippen LogP contribution in [0.4, 0.5) is 0 Å². The first kappa shape index (κ1) is 12.7. The van der Waals surface area contributed by atoms with Crippen molar-refractivity contribution in [3.63, 3.8) is 0 Å². The fraction of sp³-hybridized carbons (Fsp3) is 0.400. The van der Waals surface area contributed by atoms with Gasteiger partial charge in [-0.05, 0) is 50.6 Å². The van der Waals surface area contributed by atoms with Crippen LogP contribution in [0.15, 0.2) is 30.7 Å². The summed E-state index contributed by atoms with van der Waals surface area (Å²) in [5.74, 6) is 0.585. The van der Waals surface area contributed by atoms with E-state index < -0.39 is 0 Å². The van der Waals surface area contributed by atoms with E-state index in [-0.39, 0.29) is 0 Å². The maximum absolute atomic E-state index is 6.13. The molecule has 0 atom stereocenters. The van der Waals surface area contributed by atoms with E-state index in [1.807, 2.05) is 24.7 Å². The van der Waals surface area contributed by atoms with Gasteiger partial charge in [0, 0.05) is 22.8 Å². The Hall–Kier alpha value is -1.32. The molecule has 4 heteroatoms. The summed E-state index contributed by atoms with van der Waals surface area (Å²) in [6, 6.07) is 6.01. The highest BCUT2D eigenvalue weighted by Crippen LogP contribution is 2.29. The van der Waals surface area contributed by atoms with Crippen molar-refractivity contribution in [1.29, 1.82) is 0 Å². The second-order valence-electron chi connectivity index (χ2n) is 5.14. The number of hydrogen-bond donors (Lipinski definition) is 1. The third-order valence-corrected chi connectivity index (χ3v) is 4.09. The van der Waals surface area contributed by atoms with Crippen molar-refractivity contribution in [1.82, 2.24) is 14.9 Å². The highest BCUT2D eigenvalue weighted by molar-refractivity contribution is 6.30. The largest absolute Gasteiger partial charge is 0.317 e. The van der Waals surface area contributed by atoms with Crippen molar-refractivity contribution in [3.8, 4) is 5.69 Å². The van der Waals surface area contributed by atoms with Crippen molar-refractivity contribution >= 4 is 11.6 Å². The van der Waals surface area contributed by atoms with Gasteiger partial charge in [-0.15, -0.1) is 0 Å². The number of aryl methyl sites for hydroxylation is 1. The highest BCUT2D eigenvalue weighted by atomic mass is 35.5. The molecule has 1 fully saturated rings. The number of nitrogens with one attached hydrogen (secondary N) is 1. The first-order valence-corrected chi connectivity index (χ1v) is 7.13. The van der Waals surface area contributed by atoms with Crippen LogP contribution in [-0.4, -0.2) is 22.6 Å². The summed E-state index contributed by atoms with van der Waals surface area (Å²) in [5, 5.41) is 4.17. The maximum atomic E-state index is 6.13. The zero-order chi connectivity index (χ0) is 13.2. The minimum Gasteiger partial charge on any atom is -0.317 e. The Morgan fingerprint density at radius 2 is 2.11 bits per heavy atom. The Morgan fingerprint density at radius 3 is 2.89 bits per heavy atom. The third-order valence-electron chi connectivity index (χ3n) is 3.86. The molecule has 0 radical (unpaired) electrons. The van der Waals surface area contributed by atoms with Crippen molar-refractivity contribution < 1.29 is 0 Å². The fourth-order valence-electron chi connectivity index (χ4n) is 2.77. The number of nitrogens with zero attached hydrogens (tertiary/aromatic N) is 2. The molecule has 3 rings (SSSR count). The van der Waals surface area contributed by atoms with Crippen molar-refractivity contribution in [2.24, 2.45) is 0 Å². The summed E-state index contributed by atoms with van der Waals surface area (Å²) in [6.45, 7) is 4.28. The zero-order valence-electron chi connectivity index (χ0n) is 11.1. The van der Waals surface area contributed by atoms with Gasteiger partial charge >= 0.3 is 0 Å². The van der Waals surface area contributed by atoms with E-state index in [0.717, 1.165) is 23.8 Å². The summed E-state index contributed by atoms with van der Waals surface area (Å²) in [6.07, 6.45) is 6.24. The molecule has 19 heavy (non-hydrogen) atoms. The van der Waals surface area contributed by atoms with Crippen LogP contribution >= 0.6 is 11.6 Å². The molecule has 0 aliphatic carbocycles. The predicted molar refractivity (Wildman–Crippen MR) is 78.2 cm³/mol. The number of halogens is 1. The SMILES string of the molecule is Cc1ccc(Cl)cc1-n1cncc1C1CCNCC1. The van der Waals surface area contributed by atoms with Gasteiger partial charge in [0.25, 0.3) is 0 Å². The van der Waals surface area contributed by atoms with Gasteiger partial charge < -0.3 is 9.88 Å². The highest BCUT2D eigenvalue weighted by Gasteiger charge is 2.19. The number of imidazole rings is 1. The molecule has 2 heterocycles. The van der Waals surface area contributed by atoms with Crippen LogP contribution < -0.4 is 5.32 Å². The molecule has 0 amide bonds. The molecule has 0 unspecified atom stereocenters. The summed E-state index contributed by atoms with van der Waals surface area (Å²) in [7, 11) is 0. The third kappa shape index (κ3) is 2.53. The van der Waals surface area contributed by atoms with E-state index in [0.29, 0.717) is 5.92 Å². The van der Waals surface area contributed by atoms with Gasteiger partial charge in [-0.2, -0.15) is 0 Å². The van der Waals surface area contributed by atoms with Crippen molar-refractivity contribution in [2.45, 2.75) is 25.7 Å². The molecule has 3 nitrogen and oxygen atoms in total. The monoisotopic (exact) mass is 275 g/mol. The number of hydrogen-bond acceptors (Lipinski definition) is 2. The van der Waals surface area contributed by atoms with Gasteiger partial charge in [0.15, 0.2) is 0 Å². The lowest BCUT2D eigenvalue weighted by atomic mass is 9.94. The second-order valence-corrected chi connectivity index (χ2v) is 5.58. The van der Waals surface area contributed by atoms with Crippen LogP contribution in [0.5, 0.6) is 0 Å². The van der Waals surface area contributed by atoms with E-state index in [9.17, 15) is 0 Å². The lowest BCUT2D eigenvalue weighted by Gasteiger charge is -2.24. The summed E-state index contributed by atoms with van der Waals surface area (Å²) < 4.78 is 2.19. The van der Waals surface area contributed by atoms with E-state index in [4.69, 9.17) is 11.6 Å². The van der Waals surface area contributed by atoms with Gasteiger partial charge in [-0.3, -0.25) is 0 Å². The zero-order valence-corrected chi connectivity index (χ0v) is 11.8. The topological polar surface area (TPSA) is 29.9 Å². The average Bonchev–Trinajstić information content (AvgIpc) is 2.91. The van der Waals surface area contributed by atoms with Gasteiger partial charge in [-0.25, -0.2) is 4.98 Å². The predicted octanol–water partition coefficient (Wildman–Crippen LogP) is 3.30. The van der Waals surface area contributed by atoms with Crippen LogP contribution in [0.2, 0.25) is 5.02 Å². The van der Waals surface area contributed by atoms with Gasteiger partial charge in [0.2, 0.25) is 0 Å². The minimum absolute atomic E-state index is 0.585. The normalized spacial score (nSPS) is 16.7. The molecule has 1 aliphatic heterocycles. The minimum atomic E-state index is 0.585. The molecular weight excluding hydrogens is 258 g/mol. The van der Waals surface area contributed by atoms with Gasteiger partial charge in [-0.1, -0.05) is 17.7 Å². The number of aromatic nitrogens is 2. The standard InChI is InChI=1S/C15H18ClN3/c1-11-2-3-13(16)8-14(11)19-10-18-9-15(19)12-4-6-17-7-5-12/h2-3,8-10,12,17H,4-7H2,1H3. The molecule has 100 valence electrons. The summed E-state index contributed by atoms with van der Waals surface area (Å²) >= 11 is 6.13. The Labute approximate surface area is 118 Å². The molecule has 1 aromatic carbocycles. The Bertz CT molecular complexity index is 571. The molecule has 0 saturated carbocycles. The van der Waals surface area contributed by atoms with Crippen LogP contribution in [0.1, 0.15) is 30.0 Å². The lowest BCUT2D eigenvalue weighted by molar-refractivity contribution is 0.449. The average molecular weight is 276 g/mol. The van der Waals surface area contributed by atoms with E-state index in [1.54, 1.807) is 0 Å². The molecule has 1 N–H and O–H groups in total. The second kappa shape index (κ2) is 5.35. The van der Waals surface area contributed by atoms with E-state index in [2.05, 4.69) is 27.9 Å². The first-order valence-electron chi connectivity index (χ1n) is 6.75. The molecule has 0 spiro atoms. The first-order chi connectivity index (χ1) is 9.25. The molecule has 2 aromatic rings. The summed E-state index contributed by atoms with van der Waals surface area (Å²) in [5.41, 5.74) is 3.66. The summed E-state index contributed by atoms with van der Waals surface area (Å²) in [4.78, 5) is 4.34. The molecule has 1 saturated heterocycles. The van der Waals surface area contributed by atoms with Gasteiger partial charge in [0.1, 0.15) is 0 Å². The quantitative estimate of drug-likeness (QED) is 0.911. The lowest BCUT2D eigenvalue weighted by Crippen LogP contribution is -2.27. The van der Waals surface area contributed by atoms with Crippen molar-refractivity contribution in [2.75, 3.05) is 13.1 Å². The van der Waals surface area contributed by atoms with E-state index >= 15 is 0 Å². The van der Waals surface area contributed by atoms with Crippen LogP contribution in [0.3, 0.4) is 0 Å². The van der Waals surface area contributed by atoms with Crippen molar-refractivity contribution in [3.05, 3.63) is 47.0 Å². The maximum Gasteiger partial charge on any atom is 0.0994 e. The van der Waals surface area contributed by atoms with Crippen LogP contribution in [-0.2, 0) is 0 Å². The Balaban J connectivity index is 2.01. The number of rotatable bonds is 2. The number of piperidine rings is 1. The van der Waals surface area contributed by atoms with E-state index in [1.165, 1.54) is 24.1 Å². The Morgan fingerprint density at radius 1 is 1.32 bits per heavy atom. The smallest absolute Gasteiger partial charge is 0.0994 e. The molecule has 1 aliphatic rings. The Kier molecular flexibility index (Phi) is 3.58. The van der Waals surface area contributed by atoms with Gasteiger partial charge in [0.05, 0.1) is 12.0 Å². The fourth-order valence-corrected chi connectivity index (χ4v) is 2.93.